The lowest BCUT2D eigenvalue weighted by Gasteiger charge is -2.10. The Labute approximate surface area is 58.0 Å². The summed E-state index contributed by atoms with van der Waals surface area (Å²) < 4.78 is 5.24. The van der Waals surface area contributed by atoms with Gasteiger partial charge in [0.2, 0.25) is 0 Å². The minimum atomic E-state index is -0.683. The molecule has 0 rings (SSSR count). The maximum absolute atomic E-state index is 5.47. The van der Waals surface area contributed by atoms with Crippen LogP contribution in [0.25, 0.3) is 0 Å². The molecule has 0 aromatic heterocycles. The third-order valence-electron chi connectivity index (χ3n) is 1.21. The van der Waals surface area contributed by atoms with E-state index >= 15 is 0 Å². The average Bonchev–Trinajstić information content (AvgIpc) is 1.83. The number of rotatable bonds is 4. The number of hydrogen-bond acceptors (Lipinski definition) is 1. The molecule has 0 heterocycles. The molecule has 0 atom stereocenters. The second-order valence-corrected chi connectivity index (χ2v) is 2.92. The zero-order chi connectivity index (χ0) is 6.41. The van der Waals surface area contributed by atoms with Gasteiger partial charge in [-0.3, -0.25) is 0 Å². The molecule has 0 saturated carbocycles. The van der Waals surface area contributed by atoms with Gasteiger partial charge in [-0.05, 0) is 12.8 Å². The lowest BCUT2D eigenvalue weighted by Crippen LogP contribution is -2.09. The molecular formula is C5H13ClOSi. The monoisotopic (exact) mass is 152 g/mol. The molecule has 0 unspecified atom stereocenters. The molecule has 0 bridgehead atoms. The van der Waals surface area contributed by atoms with E-state index in [1.807, 2.05) is 0 Å². The van der Waals surface area contributed by atoms with Crippen LogP contribution in [0.1, 0.15) is 26.7 Å². The quantitative estimate of drug-likeness (QED) is 0.438. The highest BCUT2D eigenvalue weighted by Gasteiger charge is 1.99. The highest BCUT2D eigenvalue weighted by Crippen LogP contribution is 2.00. The first-order valence-electron chi connectivity index (χ1n) is 3.02. The zero-order valence-electron chi connectivity index (χ0n) is 5.48. The van der Waals surface area contributed by atoms with Gasteiger partial charge < -0.3 is 4.43 Å². The summed E-state index contributed by atoms with van der Waals surface area (Å²) in [5, 5.41) is 0. The third-order valence-corrected chi connectivity index (χ3v) is 2.18. The van der Waals surface area contributed by atoms with Crippen LogP contribution in [0.15, 0.2) is 0 Å². The molecule has 0 radical (unpaired) electrons. The zero-order valence-corrected chi connectivity index (χ0v) is 7.66. The summed E-state index contributed by atoms with van der Waals surface area (Å²) in [4.78, 5) is 0. The van der Waals surface area contributed by atoms with Crippen molar-refractivity contribution < 1.29 is 4.43 Å². The lowest BCUT2D eigenvalue weighted by atomic mass is 10.2. The third kappa shape index (κ3) is 3.47. The molecule has 0 aliphatic rings. The minimum absolute atomic E-state index is 0.430. The van der Waals surface area contributed by atoms with Gasteiger partial charge in [-0.2, -0.15) is 0 Å². The molecule has 0 saturated heterocycles. The van der Waals surface area contributed by atoms with E-state index in [0.29, 0.717) is 6.10 Å². The van der Waals surface area contributed by atoms with Crippen LogP contribution in [0.2, 0.25) is 0 Å². The maximum Gasteiger partial charge on any atom is 0.258 e. The van der Waals surface area contributed by atoms with Gasteiger partial charge in [0.25, 0.3) is 9.07 Å². The van der Waals surface area contributed by atoms with E-state index in [1.54, 1.807) is 0 Å². The van der Waals surface area contributed by atoms with Crippen LogP contribution >= 0.6 is 11.1 Å². The Hall–Kier alpha value is 0.467. The topological polar surface area (TPSA) is 9.23 Å². The predicted octanol–water partition coefficient (Wildman–Crippen LogP) is 1.43. The van der Waals surface area contributed by atoms with Crippen LogP contribution in [0.5, 0.6) is 0 Å². The first-order valence-corrected chi connectivity index (χ1v) is 5.74. The van der Waals surface area contributed by atoms with Gasteiger partial charge in [0, 0.05) is 6.10 Å². The van der Waals surface area contributed by atoms with Crippen molar-refractivity contribution in [1.82, 2.24) is 0 Å². The maximum atomic E-state index is 5.47. The van der Waals surface area contributed by atoms with Crippen molar-refractivity contribution in [2.45, 2.75) is 32.8 Å². The first-order chi connectivity index (χ1) is 3.85. The van der Waals surface area contributed by atoms with Gasteiger partial charge in [0.15, 0.2) is 0 Å². The smallest absolute Gasteiger partial charge is 0.258 e. The molecule has 0 aliphatic carbocycles. The Kier molecular flexibility index (Phi) is 5.93. The van der Waals surface area contributed by atoms with Gasteiger partial charge in [0.1, 0.15) is 0 Å². The normalized spacial score (nSPS) is 12.0. The standard InChI is InChI=1S/C5H13ClOSi/c1-3-5(4-2)7-8-6/h5H,3-4,8H2,1-2H3. The first kappa shape index (κ1) is 8.47. The molecule has 8 heavy (non-hydrogen) atoms. The molecule has 0 spiro atoms. The molecule has 50 valence electrons. The van der Waals surface area contributed by atoms with Gasteiger partial charge in [-0.1, -0.05) is 13.8 Å². The van der Waals surface area contributed by atoms with Crippen LogP contribution in [0, 0.1) is 0 Å². The van der Waals surface area contributed by atoms with Gasteiger partial charge >= 0.3 is 0 Å². The number of hydrogen-bond donors (Lipinski definition) is 0. The fourth-order valence-corrected chi connectivity index (χ4v) is 1.80. The second-order valence-electron chi connectivity index (χ2n) is 1.71. The highest BCUT2D eigenvalue weighted by atomic mass is 35.6. The summed E-state index contributed by atoms with van der Waals surface area (Å²) >= 11 is 5.47. The minimum Gasteiger partial charge on any atom is -0.405 e. The van der Waals surface area contributed by atoms with Crippen LogP contribution < -0.4 is 0 Å². The molecule has 3 heteroatoms. The van der Waals surface area contributed by atoms with E-state index in [9.17, 15) is 0 Å². The van der Waals surface area contributed by atoms with Gasteiger partial charge in [0.05, 0.1) is 0 Å². The van der Waals surface area contributed by atoms with E-state index in [-0.39, 0.29) is 0 Å². The molecule has 0 aliphatic heterocycles. The van der Waals surface area contributed by atoms with Crippen LogP contribution in [-0.2, 0) is 4.43 Å². The van der Waals surface area contributed by atoms with Crippen molar-refractivity contribution in [2.24, 2.45) is 0 Å². The SMILES string of the molecule is CCC(CC)O[SiH2]Cl. The van der Waals surface area contributed by atoms with Crippen molar-refractivity contribution in [3.8, 4) is 0 Å². The summed E-state index contributed by atoms with van der Waals surface area (Å²) in [5.41, 5.74) is 0. The van der Waals surface area contributed by atoms with E-state index in [1.165, 1.54) is 0 Å². The van der Waals surface area contributed by atoms with Gasteiger partial charge in [-0.25, -0.2) is 0 Å². The average molecular weight is 153 g/mol. The van der Waals surface area contributed by atoms with E-state index in [2.05, 4.69) is 13.8 Å². The lowest BCUT2D eigenvalue weighted by molar-refractivity contribution is 0.209. The summed E-state index contributed by atoms with van der Waals surface area (Å²) in [5.74, 6) is 0. The highest BCUT2D eigenvalue weighted by molar-refractivity contribution is 6.89. The number of halogens is 1. The van der Waals surface area contributed by atoms with Crippen molar-refractivity contribution in [3.05, 3.63) is 0 Å². The Morgan fingerprint density at radius 2 is 2.00 bits per heavy atom. The molecule has 0 amide bonds. The van der Waals surface area contributed by atoms with Gasteiger partial charge in [-0.15, -0.1) is 11.1 Å². The molecule has 0 N–H and O–H groups in total. The largest absolute Gasteiger partial charge is 0.405 e. The van der Waals surface area contributed by atoms with Crippen molar-refractivity contribution in [1.29, 1.82) is 0 Å². The van der Waals surface area contributed by atoms with E-state index in [4.69, 9.17) is 15.5 Å². The molecule has 0 fully saturated rings. The van der Waals surface area contributed by atoms with Crippen molar-refractivity contribution in [3.63, 3.8) is 0 Å². The van der Waals surface area contributed by atoms with Crippen LogP contribution in [0.4, 0.5) is 0 Å². The summed E-state index contributed by atoms with van der Waals surface area (Å²) in [7, 11) is -0.683. The second kappa shape index (κ2) is 5.60. The molecule has 0 aromatic carbocycles. The van der Waals surface area contributed by atoms with E-state index in [0.717, 1.165) is 12.8 Å². The summed E-state index contributed by atoms with van der Waals surface area (Å²) in [6, 6.07) is 0. The molecule has 1 nitrogen and oxygen atoms in total. The Morgan fingerprint density at radius 3 is 2.12 bits per heavy atom. The summed E-state index contributed by atoms with van der Waals surface area (Å²) in [6.45, 7) is 4.24. The molecule has 0 aromatic rings. The molecular weight excluding hydrogens is 140 g/mol. The Balaban J connectivity index is 3.07. The van der Waals surface area contributed by atoms with E-state index < -0.39 is 9.07 Å². The fourth-order valence-electron chi connectivity index (χ4n) is 0.613. The predicted molar refractivity (Wildman–Crippen MR) is 39.9 cm³/mol. The van der Waals surface area contributed by atoms with Crippen molar-refractivity contribution >= 4 is 20.2 Å². The van der Waals surface area contributed by atoms with Crippen molar-refractivity contribution in [2.75, 3.05) is 0 Å². The summed E-state index contributed by atoms with van der Waals surface area (Å²) in [6.07, 6.45) is 2.62. The fraction of sp³-hybridized carbons (Fsp3) is 1.00. The Bertz CT molecular complexity index is 47.7. The Morgan fingerprint density at radius 1 is 1.50 bits per heavy atom. The van der Waals surface area contributed by atoms with Crippen LogP contribution in [0.3, 0.4) is 0 Å². The van der Waals surface area contributed by atoms with Crippen LogP contribution in [-0.4, -0.2) is 15.2 Å².